The largest absolute Gasteiger partial charge is 0.462 e. The number of pyridine rings is 1. The van der Waals surface area contributed by atoms with Crippen molar-refractivity contribution in [3.63, 3.8) is 0 Å². The molecule has 3 heterocycles. The highest BCUT2D eigenvalue weighted by molar-refractivity contribution is 7.16. The summed E-state index contributed by atoms with van der Waals surface area (Å²) in [7, 11) is 0. The van der Waals surface area contributed by atoms with Crippen LogP contribution in [-0.2, 0) is 11.2 Å². The van der Waals surface area contributed by atoms with Crippen LogP contribution in [-0.4, -0.2) is 27.9 Å². The molecule has 0 aliphatic rings. The topological polar surface area (TPSA) is 72.7 Å². The zero-order valence-electron chi connectivity index (χ0n) is 15.3. The normalized spacial score (nSPS) is 10.9. The van der Waals surface area contributed by atoms with Crippen molar-refractivity contribution in [2.45, 2.75) is 34.1 Å². The average Bonchev–Trinajstić information content (AvgIpc) is 3.16. The number of hydrogen-bond acceptors (Lipinski definition) is 5. The predicted octanol–water partition coefficient (Wildman–Crippen LogP) is 4.00. The monoisotopic (exact) mass is 371 g/mol. The number of imidazole rings is 1. The number of ether oxygens (including phenoxy) is 1. The van der Waals surface area contributed by atoms with Gasteiger partial charge in [-0.1, -0.05) is 13.0 Å². The molecule has 0 radical (unpaired) electrons. The minimum absolute atomic E-state index is 0.287. The number of carbonyl (C=O) groups excluding carboxylic acids is 2. The van der Waals surface area contributed by atoms with Crippen LogP contribution in [0.15, 0.2) is 24.4 Å². The summed E-state index contributed by atoms with van der Waals surface area (Å²) < 4.78 is 6.88. The molecule has 26 heavy (non-hydrogen) atoms. The fourth-order valence-electron chi connectivity index (χ4n) is 2.82. The van der Waals surface area contributed by atoms with E-state index in [1.165, 1.54) is 11.3 Å². The third-order valence-electron chi connectivity index (χ3n) is 4.09. The average molecular weight is 371 g/mol. The molecule has 7 heteroatoms. The van der Waals surface area contributed by atoms with Crippen molar-refractivity contribution in [2.75, 3.05) is 11.9 Å². The summed E-state index contributed by atoms with van der Waals surface area (Å²) >= 11 is 1.39. The van der Waals surface area contributed by atoms with Gasteiger partial charge in [0.15, 0.2) is 0 Å². The summed E-state index contributed by atoms with van der Waals surface area (Å²) in [5.74, 6) is -0.722. The van der Waals surface area contributed by atoms with Gasteiger partial charge in [-0.25, -0.2) is 9.78 Å². The van der Waals surface area contributed by atoms with Crippen LogP contribution < -0.4 is 5.32 Å². The van der Waals surface area contributed by atoms with E-state index in [0.29, 0.717) is 22.0 Å². The van der Waals surface area contributed by atoms with Crippen molar-refractivity contribution in [1.29, 1.82) is 0 Å². The molecule has 0 aliphatic heterocycles. The molecular formula is C19H21N3O3S. The number of hydrogen-bond donors (Lipinski definition) is 1. The van der Waals surface area contributed by atoms with E-state index in [2.05, 4.69) is 10.3 Å². The van der Waals surface area contributed by atoms with Gasteiger partial charge in [-0.05, 0) is 44.9 Å². The fraction of sp³-hybridized carbons (Fsp3) is 0.316. The van der Waals surface area contributed by atoms with Crippen LogP contribution in [0.3, 0.4) is 0 Å². The maximum atomic E-state index is 12.9. The van der Waals surface area contributed by atoms with Crippen LogP contribution in [0.5, 0.6) is 0 Å². The van der Waals surface area contributed by atoms with Crippen LogP contribution in [0.1, 0.15) is 50.8 Å². The van der Waals surface area contributed by atoms with E-state index in [4.69, 9.17) is 4.74 Å². The van der Waals surface area contributed by atoms with Crippen molar-refractivity contribution in [1.82, 2.24) is 9.38 Å². The lowest BCUT2D eigenvalue weighted by molar-refractivity contribution is 0.0528. The summed E-state index contributed by atoms with van der Waals surface area (Å²) in [6.07, 6.45) is 2.59. The summed E-state index contributed by atoms with van der Waals surface area (Å²) in [6, 6.07) is 5.61. The maximum absolute atomic E-state index is 12.9. The summed E-state index contributed by atoms with van der Waals surface area (Å²) in [5, 5.41) is 3.38. The van der Waals surface area contributed by atoms with Crippen molar-refractivity contribution in [2.24, 2.45) is 0 Å². The van der Waals surface area contributed by atoms with Crippen LogP contribution in [0, 0.1) is 13.8 Å². The molecule has 3 aromatic rings. The van der Waals surface area contributed by atoms with Gasteiger partial charge in [0.1, 0.15) is 16.3 Å². The number of nitrogens with one attached hydrogen (secondary N) is 1. The summed E-state index contributed by atoms with van der Waals surface area (Å²) in [4.78, 5) is 30.6. The van der Waals surface area contributed by atoms with E-state index < -0.39 is 5.97 Å². The highest BCUT2D eigenvalue weighted by Gasteiger charge is 2.22. The van der Waals surface area contributed by atoms with Crippen LogP contribution in [0.2, 0.25) is 0 Å². The lowest BCUT2D eigenvalue weighted by Gasteiger charge is -2.07. The van der Waals surface area contributed by atoms with Gasteiger partial charge < -0.3 is 10.1 Å². The van der Waals surface area contributed by atoms with E-state index in [9.17, 15) is 9.59 Å². The van der Waals surface area contributed by atoms with E-state index in [1.807, 2.05) is 32.2 Å². The van der Waals surface area contributed by atoms with Crippen LogP contribution in [0.25, 0.3) is 5.65 Å². The number of amides is 1. The van der Waals surface area contributed by atoms with E-state index in [-0.39, 0.29) is 12.5 Å². The molecule has 0 aliphatic carbocycles. The first kappa shape index (κ1) is 18.1. The second kappa shape index (κ2) is 7.29. The van der Waals surface area contributed by atoms with E-state index >= 15 is 0 Å². The third-order valence-corrected chi connectivity index (χ3v) is 5.28. The molecular weight excluding hydrogens is 350 g/mol. The lowest BCUT2D eigenvalue weighted by atomic mass is 10.2. The first-order valence-corrected chi connectivity index (χ1v) is 9.33. The molecule has 0 atom stereocenters. The molecule has 136 valence electrons. The van der Waals surface area contributed by atoms with Crippen molar-refractivity contribution >= 4 is 33.9 Å². The Morgan fingerprint density at radius 2 is 2.08 bits per heavy atom. The van der Waals surface area contributed by atoms with Gasteiger partial charge in [-0.15, -0.1) is 11.3 Å². The molecule has 0 fully saturated rings. The molecule has 0 bridgehead atoms. The second-order valence-electron chi connectivity index (χ2n) is 5.91. The number of esters is 1. The first-order chi connectivity index (χ1) is 12.5. The Bertz CT molecular complexity index is 987. The molecule has 3 aromatic heterocycles. The molecule has 1 N–H and O–H groups in total. The SMILES string of the molecule is CCOC(=O)c1cc(CC)sc1NC(=O)c1c(C)nc2c(C)cccn12. The number of anilines is 1. The Balaban J connectivity index is 1.99. The number of aryl methyl sites for hydroxylation is 3. The highest BCUT2D eigenvalue weighted by Crippen LogP contribution is 2.30. The highest BCUT2D eigenvalue weighted by atomic mass is 32.1. The number of thiophene rings is 1. The lowest BCUT2D eigenvalue weighted by Crippen LogP contribution is -2.17. The van der Waals surface area contributed by atoms with Crippen LogP contribution in [0.4, 0.5) is 5.00 Å². The maximum Gasteiger partial charge on any atom is 0.341 e. The fourth-order valence-corrected chi connectivity index (χ4v) is 3.80. The van der Waals surface area contributed by atoms with Gasteiger partial charge in [0.05, 0.1) is 17.9 Å². The minimum atomic E-state index is -0.426. The number of fused-ring (bicyclic) bond motifs is 1. The molecule has 0 aromatic carbocycles. The molecule has 0 unspecified atom stereocenters. The van der Waals surface area contributed by atoms with Gasteiger partial charge >= 0.3 is 5.97 Å². The molecule has 0 saturated carbocycles. The Hall–Kier alpha value is -2.67. The predicted molar refractivity (Wildman–Crippen MR) is 102 cm³/mol. The summed E-state index contributed by atoms with van der Waals surface area (Å²) in [5.41, 5.74) is 3.24. The van der Waals surface area contributed by atoms with Crippen molar-refractivity contribution in [3.05, 3.63) is 51.8 Å². The Morgan fingerprint density at radius 3 is 2.77 bits per heavy atom. The van der Waals surface area contributed by atoms with Crippen LogP contribution >= 0.6 is 11.3 Å². The number of rotatable bonds is 5. The Morgan fingerprint density at radius 1 is 1.31 bits per heavy atom. The van der Waals surface area contributed by atoms with Crippen molar-refractivity contribution < 1.29 is 14.3 Å². The third kappa shape index (κ3) is 3.22. The van der Waals surface area contributed by atoms with Gasteiger partial charge in [0, 0.05) is 11.1 Å². The Kier molecular flexibility index (Phi) is 5.08. The standard InChI is InChI=1S/C19H21N3O3S/c1-5-13-10-14(19(24)25-6-2)18(26-13)21-17(23)15-12(4)20-16-11(3)8-7-9-22(15)16/h7-10H,5-6H2,1-4H3,(H,21,23). The quantitative estimate of drug-likeness (QED) is 0.688. The molecule has 1 amide bonds. The summed E-state index contributed by atoms with van der Waals surface area (Å²) in [6.45, 7) is 7.81. The number of carbonyl (C=O) groups is 2. The van der Waals surface area contributed by atoms with Crippen molar-refractivity contribution in [3.8, 4) is 0 Å². The Labute approximate surface area is 155 Å². The second-order valence-corrected chi connectivity index (χ2v) is 7.05. The molecule has 6 nitrogen and oxygen atoms in total. The zero-order chi connectivity index (χ0) is 18.8. The molecule has 0 spiro atoms. The smallest absolute Gasteiger partial charge is 0.341 e. The van der Waals surface area contributed by atoms with Gasteiger partial charge in [-0.2, -0.15) is 0 Å². The molecule has 3 rings (SSSR count). The minimum Gasteiger partial charge on any atom is -0.462 e. The molecule has 0 saturated heterocycles. The van der Waals surface area contributed by atoms with E-state index in [0.717, 1.165) is 22.5 Å². The van der Waals surface area contributed by atoms with Gasteiger partial charge in [-0.3, -0.25) is 9.20 Å². The van der Waals surface area contributed by atoms with E-state index in [1.54, 1.807) is 24.3 Å². The number of nitrogens with zero attached hydrogens (tertiary/aromatic N) is 2. The van der Waals surface area contributed by atoms with Gasteiger partial charge in [0.25, 0.3) is 5.91 Å². The zero-order valence-corrected chi connectivity index (χ0v) is 16.1. The van der Waals surface area contributed by atoms with Gasteiger partial charge in [0.2, 0.25) is 0 Å². The number of aromatic nitrogens is 2. The first-order valence-electron chi connectivity index (χ1n) is 8.51.